The molecule has 0 radical (unpaired) electrons. The van der Waals surface area contributed by atoms with Crippen LogP contribution >= 0.6 is 27.3 Å². The summed E-state index contributed by atoms with van der Waals surface area (Å²) in [5, 5.41) is 5.54. The summed E-state index contributed by atoms with van der Waals surface area (Å²) in [4.78, 5) is 26.3. The van der Waals surface area contributed by atoms with Crippen LogP contribution < -0.4 is 10.1 Å². The molecule has 30 heavy (non-hydrogen) atoms. The molecule has 1 amide bonds. The second-order valence-corrected chi connectivity index (χ2v) is 8.97. The zero-order chi connectivity index (χ0) is 21.1. The first-order valence-electron chi connectivity index (χ1n) is 10.00. The number of anilines is 1. The van der Waals surface area contributed by atoms with Gasteiger partial charge in [-0.25, -0.2) is 4.79 Å². The highest BCUT2D eigenvalue weighted by molar-refractivity contribution is 9.10. The maximum atomic E-state index is 12.6. The van der Waals surface area contributed by atoms with Crippen molar-refractivity contribution in [2.45, 2.75) is 32.6 Å². The molecular formula is C23H22BrNO4S. The van der Waals surface area contributed by atoms with Crippen molar-refractivity contribution in [1.29, 1.82) is 0 Å². The van der Waals surface area contributed by atoms with E-state index in [1.54, 1.807) is 6.92 Å². The minimum atomic E-state index is -0.370. The fourth-order valence-electron chi connectivity index (χ4n) is 3.70. The lowest BCUT2D eigenvalue weighted by molar-refractivity contribution is -0.118. The summed E-state index contributed by atoms with van der Waals surface area (Å²) in [5.41, 5.74) is 1.54. The number of carbonyl (C=O) groups is 2. The van der Waals surface area contributed by atoms with E-state index in [9.17, 15) is 9.59 Å². The minimum Gasteiger partial charge on any atom is -0.483 e. The van der Waals surface area contributed by atoms with Crippen LogP contribution in [-0.2, 0) is 22.4 Å². The predicted octanol–water partition coefficient (Wildman–Crippen LogP) is 5.74. The first-order chi connectivity index (χ1) is 14.6. The second kappa shape index (κ2) is 9.18. The monoisotopic (exact) mass is 487 g/mol. The molecule has 0 atom stereocenters. The Balaban J connectivity index is 1.50. The topological polar surface area (TPSA) is 64.6 Å². The average Bonchev–Trinajstić information content (AvgIpc) is 3.11. The number of ether oxygens (including phenoxy) is 2. The molecule has 0 aliphatic heterocycles. The van der Waals surface area contributed by atoms with Gasteiger partial charge < -0.3 is 14.8 Å². The first-order valence-corrected chi connectivity index (χ1v) is 11.6. The fraction of sp³-hybridized carbons (Fsp3) is 0.304. The summed E-state index contributed by atoms with van der Waals surface area (Å²) in [7, 11) is 0. The van der Waals surface area contributed by atoms with Gasteiger partial charge in [0.15, 0.2) is 6.61 Å². The number of halogens is 1. The van der Waals surface area contributed by atoms with Crippen LogP contribution in [-0.4, -0.2) is 25.1 Å². The third-order valence-corrected chi connectivity index (χ3v) is 7.12. The smallest absolute Gasteiger partial charge is 0.341 e. The zero-order valence-electron chi connectivity index (χ0n) is 16.6. The van der Waals surface area contributed by atoms with Crippen molar-refractivity contribution in [3.63, 3.8) is 0 Å². The maximum Gasteiger partial charge on any atom is 0.341 e. The highest BCUT2D eigenvalue weighted by Gasteiger charge is 2.27. The molecule has 1 N–H and O–H groups in total. The molecule has 1 aliphatic rings. The summed E-state index contributed by atoms with van der Waals surface area (Å²) in [6.07, 6.45) is 3.92. The lowest BCUT2D eigenvalue weighted by Gasteiger charge is -2.12. The van der Waals surface area contributed by atoms with Crippen molar-refractivity contribution < 1.29 is 19.1 Å². The molecule has 156 valence electrons. The molecule has 1 heterocycles. The van der Waals surface area contributed by atoms with Crippen LogP contribution in [0.15, 0.2) is 40.9 Å². The highest BCUT2D eigenvalue weighted by Crippen LogP contribution is 2.39. The minimum absolute atomic E-state index is 0.151. The van der Waals surface area contributed by atoms with E-state index in [-0.39, 0.29) is 18.5 Å². The summed E-state index contributed by atoms with van der Waals surface area (Å²) in [5.74, 6) is -0.0791. The molecule has 0 unspecified atom stereocenters. The van der Waals surface area contributed by atoms with Gasteiger partial charge in [0, 0.05) is 4.88 Å². The predicted molar refractivity (Wildman–Crippen MR) is 123 cm³/mol. The number of hydrogen-bond acceptors (Lipinski definition) is 5. The number of rotatable bonds is 6. The van der Waals surface area contributed by atoms with Crippen LogP contribution in [0, 0.1) is 0 Å². The molecule has 1 aromatic heterocycles. The Kier molecular flexibility index (Phi) is 6.39. The molecule has 0 bridgehead atoms. The van der Waals surface area contributed by atoms with E-state index in [0.29, 0.717) is 22.9 Å². The van der Waals surface area contributed by atoms with Gasteiger partial charge in [0.2, 0.25) is 0 Å². The first kappa shape index (κ1) is 20.9. The summed E-state index contributed by atoms with van der Waals surface area (Å²) in [6, 6.07) is 11.7. The molecular weight excluding hydrogens is 466 g/mol. The normalized spacial score (nSPS) is 13.0. The number of amides is 1. The largest absolute Gasteiger partial charge is 0.483 e. The van der Waals surface area contributed by atoms with Gasteiger partial charge in [-0.05, 0) is 70.9 Å². The van der Waals surface area contributed by atoms with Crippen molar-refractivity contribution in [3.8, 4) is 5.75 Å². The molecule has 4 rings (SSSR count). The molecule has 1 aliphatic carbocycles. The van der Waals surface area contributed by atoms with Gasteiger partial charge in [0.05, 0.1) is 16.6 Å². The third-order valence-electron chi connectivity index (χ3n) is 5.09. The van der Waals surface area contributed by atoms with Crippen molar-refractivity contribution in [2.24, 2.45) is 0 Å². The van der Waals surface area contributed by atoms with Gasteiger partial charge in [0.1, 0.15) is 10.8 Å². The summed E-state index contributed by atoms with van der Waals surface area (Å²) < 4.78 is 11.8. The third kappa shape index (κ3) is 4.23. The fourth-order valence-corrected chi connectivity index (χ4v) is 5.61. The lowest BCUT2D eigenvalue weighted by Crippen LogP contribution is -2.21. The second-order valence-electron chi connectivity index (χ2n) is 7.07. The van der Waals surface area contributed by atoms with E-state index in [4.69, 9.17) is 9.47 Å². The van der Waals surface area contributed by atoms with E-state index in [2.05, 4.69) is 21.2 Å². The Morgan fingerprint density at radius 1 is 1.13 bits per heavy atom. The SMILES string of the molecule is CCOC(=O)c1c(NC(=O)COc2ccc3ccccc3c2Br)sc2c1CCCC2. The Morgan fingerprint density at radius 3 is 2.77 bits per heavy atom. The number of fused-ring (bicyclic) bond motifs is 2. The number of aryl methyl sites for hydroxylation is 1. The number of hydrogen-bond donors (Lipinski definition) is 1. The molecule has 0 fully saturated rings. The van der Waals surface area contributed by atoms with E-state index in [1.807, 2.05) is 36.4 Å². The number of esters is 1. The van der Waals surface area contributed by atoms with Crippen LogP contribution in [0.3, 0.4) is 0 Å². The standard InChI is InChI=1S/C23H22BrNO4S/c1-2-28-23(27)20-16-9-5-6-10-18(16)30-22(20)25-19(26)13-29-17-12-11-14-7-3-4-8-15(14)21(17)24/h3-4,7-8,11-12H,2,5-6,9-10,13H2,1H3,(H,25,26). The molecule has 0 saturated carbocycles. The van der Waals surface area contributed by atoms with Gasteiger partial charge in [-0.15, -0.1) is 11.3 Å². The highest BCUT2D eigenvalue weighted by atomic mass is 79.9. The van der Waals surface area contributed by atoms with Crippen molar-refractivity contribution in [2.75, 3.05) is 18.5 Å². The van der Waals surface area contributed by atoms with Crippen LogP contribution in [0.25, 0.3) is 10.8 Å². The number of benzene rings is 2. The van der Waals surface area contributed by atoms with Gasteiger partial charge in [-0.1, -0.05) is 30.3 Å². The Morgan fingerprint density at radius 2 is 1.93 bits per heavy atom. The Labute approximate surface area is 187 Å². The summed E-state index contributed by atoms with van der Waals surface area (Å²) in [6.45, 7) is 1.93. The lowest BCUT2D eigenvalue weighted by atomic mass is 9.95. The van der Waals surface area contributed by atoms with E-state index < -0.39 is 0 Å². The zero-order valence-corrected chi connectivity index (χ0v) is 19.0. The van der Waals surface area contributed by atoms with Crippen LogP contribution in [0.4, 0.5) is 5.00 Å². The molecule has 7 heteroatoms. The molecule has 2 aromatic carbocycles. The number of thiophene rings is 1. The Bertz CT molecular complexity index is 1110. The van der Waals surface area contributed by atoms with Gasteiger partial charge >= 0.3 is 5.97 Å². The molecule has 3 aromatic rings. The van der Waals surface area contributed by atoms with Crippen LogP contribution in [0.1, 0.15) is 40.6 Å². The number of nitrogens with one attached hydrogen (secondary N) is 1. The van der Waals surface area contributed by atoms with E-state index >= 15 is 0 Å². The van der Waals surface area contributed by atoms with Crippen molar-refractivity contribution >= 4 is 54.9 Å². The van der Waals surface area contributed by atoms with Gasteiger partial charge in [-0.2, -0.15) is 0 Å². The van der Waals surface area contributed by atoms with E-state index in [1.165, 1.54) is 11.3 Å². The average molecular weight is 488 g/mol. The number of carbonyl (C=O) groups excluding carboxylic acids is 2. The molecule has 5 nitrogen and oxygen atoms in total. The van der Waals surface area contributed by atoms with Crippen LogP contribution in [0.5, 0.6) is 5.75 Å². The summed E-state index contributed by atoms with van der Waals surface area (Å²) >= 11 is 5.04. The van der Waals surface area contributed by atoms with E-state index in [0.717, 1.165) is 51.4 Å². The molecule has 0 spiro atoms. The van der Waals surface area contributed by atoms with Crippen molar-refractivity contribution in [1.82, 2.24) is 0 Å². The van der Waals surface area contributed by atoms with Gasteiger partial charge in [0.25, 0.3) is 5.91 Å². The Hall–Kier alpha value is -2.38. The van der Waals surface area contributed by atoms with Crippen LogP contribution in [0.2, 0.25) is 0 Å². The molecule has 0 saturated heterocycles. The maximum absolute atomic E-state index is 12.6. The quantitative estimate of drug-likeness (QED) is 0.450. The van der Waals surface area contributed by atoms with Crippen molar-refractivity contribution in [3.05, 3.63) is 56.9 Å². The van der Waals surface area contributed by atoms with Gasteiger partial charge in [-0.3, -0.25) is 4.79 Å².